The normalized spacial score (nSPS) is 10.3. The van der Waals surface area contributed by atoms with Gasteiger partial charge >= 0.3 is 16.8 Å². The number of nitrogens with two attached hydrogens (primary N) is 1. The maximum atomic E-state index is 8.44. The van der Waals surface area contributed by atoms with Gasteiger partial charge in [-0.25, -0.2) is 24.1 Å². The predicted octanol–water partition coefficient (Wildman–Crippen LogP) is 8.09. The lowest BCUT2D eigenvalue weighted by Crippen LogP contribution is -2.35. The first-order valence-electron chi connectivity index (χ1n) is 24.6. The van der Waals surface area contributed by atoms with Gasteiger partial charge in [0.15, 0.2) is 6.42 Å². The average Bonchev–Trinajstić information content (AvgIpc) is 4.08. The molecule has 5 N–H and O–H groups in total. The SMILES string of the molecule is CC(C)COCCCSCCN.CC(C)COCCCSCCc1ncc[nH]1.CCSCCCOCC(C)C.CCSCCCOCC(C)C.C[n+]1cc[nH]c1Cc1[nH]cc[n+]1C.O=C=O.O=S(=O)=O. The van der Waals surface area contributed by atoms with E-state index in [1.807, 2.05) is 92.1 Å². The number of nitrogens with one attached hydrogen (secondary N) is 3. The van der Waals surface area contributed by atoms with Crippen molar-refractivity contribution in [3.05, 3.63) is 54.7 Å². The van der Waals surface area contributed by atoms with Gasteiger partial charge in [0.25, 0.3) is 11.6 Å². The van der Waals surface area contributed by atoms with E-state index in [0.29, 0.717) is 23.7 Å². The molecule has 0 radical (unpaired) electrons. The Morgan fingerprint density at radius 2 is 0.929 bits per heavy atom. The standard InChI is InChI=1S/C12H22N2OS.C9H12N4.C9H21NOS.2C9H20OS.CO2.O3S/c1-11(2)10-15-7-3-8-16-9-4-12-13-5-6-14-12;1-12-5-3-10-8(12)7-9-11-4-6-13(9)2;1-9(2)8-11-5-3-6-12-7-4-10;2*1-4-11-7-5-6-10-8-9(2)3;2-1-3;1-4(2)3/h5-6,11H,3-4,7-10H2,1-2H3,(H,13,14);3-6H,7H2,1-2H3;9H,3-8,10H2,1-2H3;2*9H,4-8H2,1-3H3;;/p+2. The lowest BCUT2D eigenvalue weighted by molar-refractivity contribution is -0.690. The second kappa shape index (κ2) is 59.4. The van der Waals surface area contributed by atoms with Crippen molar-refractivity contribution in [1.82, 2.24) is 19.9 Å². The molecule has 0 amide bonds. The largest absolute Gasteiger partial charge is 0.425 e. The third kappa shape index (κ3) is 65.8. The predicted molar refractivity (Wildman–Crippen MR) is 295 cm³/mol. The molecule has 0 spiro atoms. The molecule has 3 aromatic rings. The second-order valence-corrected chi connectivity index (χ2v) is 22.6. The highest BCUT2D eigenvalue weighted by atomic mass is 32.2. The molecule has 0 aliphatic carbocycles. The number of hydrogen-bond acceptors (Lipinski definition) is 15. The summed E-state index contributed by atoms with van der Waals surface area (Å²) in [5.74, 6) is 15.6. The van der Waals surface area contributed by atoms with Gasteiger partial charge in [-0.1, -0.05) is 69.2 Å². The van der Waals surface area contributed by atoms with E-state index in [1.165, 1.54) is 59.0 Å². The van der Waals surface area contributed by atoms with Gasteiger partial charge in [-0.15, -0.1) is 12.6 Å². The first-order chi connectivity index (χ1) is 33.5. The fourth-order valence-electron chi connectivity index (χ4n) is 4.89. The van der Waals surface area contributed by atoms with Crippen LogP contribution in [-0.2, 0) is 66.1 Å². The van der Waals surface area contributed by atoms with Crippen LogP contribution in [0.2, 0.25) is 0 Å². The lowest BCUT2D eigenvalue weighted by Gasteiger charge is -2.06. The second-order valence-electron chi connectivity index (χ2n) is 17.0. The van der Waals surface area contributed by atoms with Crippen molar-refractivity contribution in [3.8, 4) is 0 Å². The molecule has 16 nitrogen and oxygen atoms in total. The number of ether oxygens (including phenoxy) is 4. The summed E-state index contributed by atoms with van der Waals surface area (Å²) < 4.78 is 51.3. The zero-order chi connectivity index (χ0) is 53.5. The molecular weight excluding hydrogens is 991 g/mol. The van der Waals surface area contributed by atoms with Gasteiger partial charge in [0, 0.05) is 89.7 Å². The number of aromatic nitrogens is 6. The molecule has 0 atom stereocenters. The fraction of sp³-hybridized carbons (Fsp3) is 0.796. The number of rotatable bonds is 33. The lowest BCUT2D eigenvalue weighted by atomic mass is 10.2. The number of hydrogen-bond donors (Lipinski definition) is 4. The summed E-state index contributed by atoms with van der Waals surface area (Å²) in [5, 5.41) is 0. The Bertz CT molecular complexity index is 1550. The summed E-state index contributed by atoms with van der Waals surface area (Å²) in [6.07, 6.45) is 18.5. The molecule has 0 unspecified atom stereocenters. The van der Waals surface area contributed by atoms with Gasteiger partial charge in [0.2, 0.25) is 0 Å². The highest BCUT2D eigenvalue weighted by molar-refractivity contribution is 7.99. The highest BCUT2D eigenvalue weighted by Crippen LogP contribution is 2.07. The van der Waals surface area contributed by atoms with Crippen molar-refractivity contribution in [2.45, 2.75) is 108 Å². The van der Waals surface area contributed by atoms with Crippen LogP contribution in [0.25, 0.3) is 0 Å². The van der Waals surface area contributed by atoms with E-state index in [0.717, 1.165) is 102 Å². The summed E-state index contributed by atoms with van der Waals surface area (Å²) in [5.41, 5.74) is 5.36. The van der Waals surface area contributed by atoms with E-state index in [1.54, 1.807) is 6.20 Å². The first kappa shape index (κ1) is 74.4. The number of H-pyrrole nitrogens is 3. The molecule has 0 bridgehead atoms. The monoisotopic (exact) mass is 1090 g/mol. The Labute approximate surface area is 442 Å². The smallest absolute Gasteiger partial charge is 0.381 e. The zero-order valence-electron chi connectivity index (χ0n) is 45.2. The van der Waals surface area contributed by atoms with E-state index in [9.17, 15) is 0 Å². The Morgan fingerprint density at radius 1 is 0.586 bits per heavy atom. The van der Waals surface area contributed by atoms with Crippen LogP contribution in [0.3, 0.4) is 0 Å². The maximum Gasteiger partial charge on any atom is 0.425 e. The quantitative estimate of drug-likeness (QED) is 0.0335. The van der Waals surface area contributed by atoms with Gasteiger partial charge in [0.1, 0.15) is 30.6 Å². The summed E-state index contributed by atoms with van der Waals surface area (Å²) in [4.78, 5) is 30.0. The topological polar surface area (TPSA) is 216 Å². The van der Waals surface area contributed by atoms with Crippen molar-refractivity contribution >= 4 is 63.8 Å². The van der Waals surface area contributed by atoms with Crippen molar-refractivity contribution in [2.24, 2.45) is 43.5 Å². The summed E-state index contributed by atoms with van der Waals surface area (Å²) in [7, 11) is 0.962. The van der Waals surface area contributed by atoms with Crippen LogP contribution in [0.1, 0.15) is 112 Å². The Hall–Kier alpha value is -2.17. The minimum absolute atomic E-state index is 0.250. The van der Waals surface area contributed by atoms with Gasteiger partial charge in [-0.2, -0.15) is 56.6 Å². The fourth-order valence-corrected chi connectivity index (χ4v) is 7.67. The summed E-state index contributed by atoms with van der Waals surface area (Å²) >= 11 is 7.85. The third-order valence-electron chi connectivity index (χ3n) is 8.11. The van der Waals surface area contributed by atoms with Crippen LogP contribution in [-0.4, -0.2) is 144 Å². The van der Waals surface area contributed by atoms with Crippen LogP contribution in [0.4, 0.5) is 0 Å². The maximum absolute atomic E-state index is 8.44. The molecule has 0 fully saturated rings. The Balaban J connectivity index is -0.000000378. The molecule has 3 rings (SSSR count). The van der Waals surface area contributed by atoms with Crippen molar-refractivity contribution < 1.29 is 50.3 Å². The summed E-state index contributed by atoms with van der Waals surface area (Å²) in [6, 6.07) is 0. The molecule has 3 aromatic heterocycles. The zero-order valence-corrected chi connectivity index (χ0v) is 49.3. The van der Waals surface area contributed by atoms with Gasteiger partial charge in [0.05, 0.1) is 14.1 Å². The van der Waals surface area contributed by atoms with E-state index in [2.05, 4.69) is 98.3 Å². The van der Waals surface area contributed by atoms with Crippen LogP contribution in [0.5, 0.6) is 0 Å². The van der Waals surface area contributed by atoms with Crippen LogP contribution >= 0.6 is 47.0 Å². The molecule has 0 aliphatic heterocycles. The van der Waals surface area contributed by atoms with Crippen molar-refractivity contribution in [2.75, 3.05) is 105 Å². The Kier molecular flexibility index (Phi) is 63.1. The number of aryl methyl sites for hydroxylation is 3. The van der Waals surface area contributed by atoms with Gasteiger partial charge < -0.3 is 29.7 Å². The molecule has 0 saturated heterocycles. The molecule has 410 valence electrons. The molecule has 70 heavy (non-hydrogen) atoms. The van der Waals surface area contributed by atoms with Crippen LogP contribution < -0.4 is 14.9 Å². The van der Waals surface area contributed by atoms with Crippen LogP contribution in [0.15, 0.2) is 37.2 Å². The summed E-state index contributed by atoms with van der Waals surface area (Å²) in [6.45, 7) is 29.9. The highest BCUT2D eigenvalue weighted by Gasteiger charge is 2.15. The third-order valence-corrected chi connectivity index (χ3v) is 12.2. The van der Waals surface area contributed by atoms with Gasteiger partial charge in [-0.05, 0) is 83.9 Å². The number of carbonyl (C=O) groups excluding carboxylic acids is 2. The minimum Gasteiger partial charge on any atom is -0.381 e. The molecule has 3 heterocycles. The molecule has 0 aromatic carbocycles. The molecule has 0 saturated carbocycles. The number of aromatic amines is 3. The Morgan fingerprint density at radius 3 is 1.20 bits per heavy atom. The number of imidazole rings is 3. The molecular formula is C49H97N7O9S5+2. The molecule has 0 aliphatic rings. The van der Waals surface area contributed by atoms with Crippen LogP contribution in [0, 0.1) is 23.7 Å². The van der Waals surface area contributed by atoms with Gasteiger partial charge in [-0.3, -0.25) is 0 Å². The minimum atomic E-state index is -3.11. The first-order valence-corrected chi connectivity index (χ1v) is 30.2. The average molecular weight is 1090 g/mol. The molecule has 21 heteroatoms. The number of thioether (sulfide) groups is 4. The van der Waals surface area contributed by atoms with E-state index >= 15 is 0 Å². The van der Waals surface area contributed by atoms with Crippen molar-refractivity contribution in [3.63, 3.8) is 0 Å². The van der Waals surface area contributed by atoms with Crippen molar-refractivity contribution in [1.29, 1.82) is 0 Å². The van der Waals surface area contributed by atoms with E-state index in [-0.39, 0.29) is 6.15 Å². The van der Waals surface area contributed by atoms with E-state index in [4.69, 9.17) is 46.9 Å². The van der Waals surface area contributed by atoms with E-state index < -0.39 is 10.6 Å². The number of nitrogens with zero attached hydrogens (tertiary/aromatic N) is 3.